The molecule has 0 spiro atoms. The van der Waals surface area contributed by atoms with Crippen LogP contribution in [0.5, 0.6) is 0 Å². The van der Waals surface area contributed by atoms with Crippen molar-refractivity contribution in [3.8, 4) is 0 Å². The Labute approximate surface area is 105 Å². The van der Waals surface area contributed by atoms with Crippen LogP contribution in [0, 0.1) is 5.82 Å². The van der Waals surface area contributed by atoms with E-state index >= 15 is 0 Å². The van der Waals surface area contributed by atoms with Gasteiger partial charge in [-0.05, 0) is 23.8 Å². The van der Waals surface area contributed by atoms with Gasteiger partial charge in [-0.2, -0.15) is 11.8 Å². The largest absolute Gasteiger partial charge is 0.369 e. The van der Waals surface area contributed by atoms with Gasteiger partial charge >= 0.3 is 0 Å². The fourth-order valence-electron chi connectivity index (χ4n) is 2.01. The Morgan fingerprint density at radius 3 is 3.06 bits per heavy atom. The smallest absolute Gasteiger partial charge is 0.123 e. The zero-order chi connectivity index (χ0) is 11.5. The molecule has 1 fully saturated rings. The molecule has 0 saturated carbocycles. The minimum atomic E-state index is -0.209. The van der Waals surface area contributed by atoms with Crippen LogP contribution in [0.1, 0.15) is 12.5 Å². The first-order valence-corrected chi connectivity index (χ1v) is 7.00. The van der Waals surface area contributed by atoms with Crippen molar-refractivity contribution in [3.05, 3.63) is 29.6 Å². The third-order valence-corrected chi connectivity index (χ3v) is 4.19. The fourth-order valence-corrected chi connectivity index (χ4v) is 3.23. The second kappa shape index (κ2) is 5.28. The van der Waals surface area contributed by atoms with Crippen LogP contribution in [0.15, 0.2) is 18.2 Å². The fraction of sp³-hybridized carbons (Fsp3) is 0.500. The first-order chi connectivity index (χ1) is 7.70. The molecule has 0 aliphatic carbocycles. The highest BCUT2D eigenvalue weighted by molar-refractivity contribution is 8.00. The summed E-state index contributed by atoms with van der Waals surface area (Å²) >= 11 is 7.85. The summed E-state index contributed by atoms with van der Waals surface area (Å²) in [7, 11) is 0. The first kappa shape index (κ1) is 12.1. The minimum absolute atomic E-state index is 0.209. The van der Waals surface area contributed by atoms with E-state index in [1.165, 1.54) is 12.1 Å². The van der Waals surface area contributed by atoms with Crippen LogP contribution in [0.25, 0.3) is 0 Å². The van der Waals surface area contributed by atoms with Crippen LogP contribution < -0.4 is 4.90 Å². The highest BCUT2D eigenvalue weighted by atomic mass is 35.5. The lowest BCUT2D eigenvalue weighted by molar-refractivity contribution is 0.625. The Bertz CT molecular complexity index is 372. The Kier molecular flexibility index (Phi) is 3.98. The number of halogens is 2. The van der Waals surface area contributed by atoms with Gasteiger partial charge in [0.15, 0.2) is 0 Å². The summed E-state index contributed by atoms with van der Waals surface area (Å²) in [4.78, 5) is 2.30. The van der Waals surface area contributed by atoms with Gasteiger partial charge < -0.3 is 4.90 Å². The summed E-state index contributed by atoms with van der Waals surface area (Å²) in [6.07, 6.45) is 0. The van der Waals surface area contributed by atoms with Crippen molar-refractivity contribution in [2.75, 3.05) is 23.7 Å². The Hall–Kier alpha value is -0.410. The van der Waals surface area contributed by atoms with Crippen molar-refractivity contribution in [1.82, 2.24) is 0 Å². The molecule has 1 nitrogen and oxygen atoms in total. The molecule has 16 heavy (non-hydrogen) atoms. The third kappa shape index (κ3) is 2.64. The lowest BCUT2D eigenvalue weighted by Crippen LogP contribution is -2.37. The average Bonchev–Trinajstić information content (AvgIpc) is 2.28. The highest BCUT2D eigenvalue weighted by Crippen LogP contribution is 2.28. The summed E-state index contributed by atoms with van der Waals surface area (Å²) in [6, 6.07) is 4.89. The maximum atomic E-state index is 13.1. The number of alkyl halides is 1. The van der Waals surface area contributed by atoms with Crippen molar-refractivity contribution < 1.29 is 4.39 Å². The van der Waals surface area contributed by atoms with Crippen molar-refractivity contribution in [3.63, 3.8) is 0 Å². The minimum Gasteiger partial charge on any atom is -0.369 e. The van der Waals surface area contributed by atoms with Crippen LogP contribution in [0.3, 0.4) is 0 Å². The molecular weight excluding hydrogens is 245 g/mol. The van der Waals surface area contributed by atoms with E-state index in [9.17, 15) is 4.39 Å². The van der Waals surface area contributed by atoms with Gasteiger partial charge in [-0.1, -0.05) is 6.92 Å². The molecule has 1 aliphatic rings. The zero-order valence-electron chi connectivity index (χ0n) is 9.25. The summed E-state index contributed by atoms with van der Waals surface area (Å²) in [6.45, 7) is 4.26. The summed E-state index contributed by atoms with van der Waals surface area (Å²) in [5.41, 5.74) is 1.98. The number of hydrogen-bond donors (Lipinski definition) is 0. The molecule has 1 aromatic carbocycles. The molecule has 1 unspecified atom stereocenters. The van der Waals surface area contributed by atoms with Crippen LogP contribution in [-0.4, -0.2) is 24.1 Å². The van der Waals surface area contributed by atoms with Gasteiger partial charge in [-0.3, -0.25) is 0 Å². The topological polar surface area (TPSA) is 3.24 Å². The van der Waals surface area contributed by atoms with E-state index in [2.05, 4.69) is 11.8 Å². The SMILES string of the molecule is CC1CN(c2ccc(F)cc2CCl)CCS1. The third-order valence-electron chi connectivity index (χ3n) is 2.77. The standard InChI is InChI=1S/C12H15ClFNS/c1-9-8-15(4-5-16-9)12-3-2-11(14)6-10(12)7-13/h2-3,6,9H,4-5,7-8H2,1H3. The van der Waals surface area contributed by atoms with E-state index in [1.807, 2.05) is 17.8 Å². The van der Waals surface area contributed by atoms with Gasteiger partial charge in [0.25, 0.3) is 0 Å². The monoisotopic (exact) mass is 259 g/mol. The summed E-state index contributed by atoms with van der Waals surface area (Å²) in [5, 5.41) is 0.627. The van der Waals surface area contributed by atoms with E-state index in [-0.39, 0.29) is 5.82 Å². The molecule has 0 N–H and O–H groups in total. The van der Waals surface area contributed by atoms with E-state index in [0.29, 0.717) is 11.1 Å². The molecule has 4 heteroatoms. The van der Waals surface area contributed by atoms with Crippen molar-refractivity contribution in [2.24, 2.45) is 0 Å². The maximum absolute atomic E-state index is 13.1. The second-order valence-electron chi connectivity index (χ2n) is 4.03. The number of nitrogens with zero attached hydrogens (tertiary/aromatic N) is 1. The summed E-state index contributed by atoms with van der Waals surface area (Å²) in [5.74, 6) is 1.28. The van der Waals surface area contributed by atoms with Gasteiger partial charge in [0.1, 0.15) is 5.82 Å². The molecule has 88 valence electrons. The van der Waals surface area contributed by atoms with Gasteiger partial charge in [0, 0.05) is 35.7 Å². The molecule has 0 amide bonds. The van der Waals surface area contributed by atoms with E-state index in [1.54, 1.807) is 0 Å². The van der Waals surface area contributed by atoms with Crippen molar-refractivity contribution >= 4 is 29.1 Å². The zero-order valence-corrected chi connectivity index (χ0v) is 10.8. The molecule has 0 bridgehead atoms. The molecule has 1 heterocycles. The molecule has 1 atom stereocenters. The lowest BCUT2D eigenvalue weighted by atomic mass is 10.1. The van der Waals surface area contributed by atoms with Gasteiger partial charge in [-0.25, -0.2) is 4.39 Å². The lowest BCUT2D eigenvalue weighted by Gasteiger charge is -2.33. The van der Waals surface area contributed by atoms with Gasteiger partial charge in [0.2, 0.25) is 0 Å². The van der Waals surface area contributed by atoms with Crippen molar-refractivity contribution in [2.45, 2.75) is 18.1 Å². The number of thioether (sulfide) groups is 1. The number of hydrogen-bond acceptors (Lipinski definition) is 2. The first-order valence-electron chi connectivity index (χ1n) is 5.41. The quantitative estimate of drug-likeness (QED) is 0.748. The molecular formula is C12H15ClFNS. The van der Waals surface area contributed by atoms with Crippen LogP contribution in [-0.2, 0) is 5.88 Å². The normalized spacial score (nSPS) is 21.2. The Morgan fingerprint density at radius 1 is 1.56 bits per heavy atom. The van der Waals surface area contributed by atoms with Crippen molar-refractivity contribution in [1.29, 1.82) is 0 Å². The predicted octanol–water partition coefficient (Wildman–Crippen LogP) is 3.51. The second-order valence-corrected chi connectivity index (χ2v) is 5.85. The van der Waals surface area contributed by atoms with Crippen LogP contribution in [0.4, 0.5) is 10.1 Å². The highest BCUT2D eigenvalue weighted by Gasteiger charge is 2.19. The predicted molar refractivity (Wildman–Crippen MR) is 70.1 cm³/mol. The van der Waals surface area contributed by atoms with E-state index in [0.717, 1.165) is 30.1 Å². The van der Waals surface area contributed by atoms with Crippen LogP contribution in [0.2, 0.25) is 0 Å². The Balaban J connectivity index is 2.24. The molecule has 1 saturated heterocycles. The van der Waals surface area contributed by atoms with E-state index < -0.39 is 0 Å². The number of benzene rings is 1. The molecule has 0 radical (unpaired) electrons. The average molecular weight is 260 g/mol. The number of rotatable bonds is 2. The summed E-state index contributed by atoms with van der Waals surface area (Å²) < 4.78 is 13.1. The Morgan fingerprint density at radius 2 is 2.38 bits per heavy atom. The maximum Gasteiger partial charge on any atom is 0.123 e. The van der Waals surface area contributed by atoms with E-state index in [4.69, 9.17) is 11.6 Å². The molecule has 0 aromatic heterocycles. The van der Waals surface area contributed by atoms with Gasteiger partial charge in [-0.15, -0.1) is 11.6 Å². The molecule has 2 rings (SSSR count). The molecule has 1 aromatic rings. The van der Waals surface area contributed by atoms with Gasteiger partial charge in [0.05, 0.1) is 0 Å². The van der Waals surface area contributed by atoms with Crippen LogP contribution >= 0.6 is 23.4 Å². The number of anilines is 1. The molecule has 1 aliphatic heterocycles.